The first-order chi connectivity index (χ1) is 13.3. The van der Waals surface area contributed by atoms with Gasteiger partial charge in [0.15, 0.2) is 0 Å². The SMILES string of the molecule is Cc1ccc2c(c1)c(=O)n(-c1cccc(Cl)c1)c(=O)n2CC(=O)NCC(C)C. The number of rotatable bonds is 5. The fourth-order valence-corrected chi connectivity index (χ4v) is 3.19. The lowest BCUT2D eigenvalue weighted by atomic mass is 10.1. The number of carbonyl (C=O) groups excluding carboxylic acids is 1. The van der Waals surface area contributed by atoms with Crippen LogP contribution >= 0.6 is 11.6 Å². The Labute approximate surface area is 167 Å². The van der Waals surface area contributed by atoms with Gasteiger partial charge in [0.2, 0.25) is 5.91 Å². The minimum atomic E-state index is -0.580. The molecule has 7 heteroatoms. The molecular formula is C21H22ClN3O3. The lowest BCUT2D eigenvalue weighted by Gasteiger charge is -2.15. The molecule has 2 aromatic carbocycles. The quantitative estimate of drug-likeness (QED) is 0.717. The minimum absolute atomic E-state index is 0.175. The molecule has 0 fully saturated rings. The molecule has 3 rings (SSSR count). The molecule has 0 unspecified atom stereocenters. The number of aryl methyl sites for hydroxylation is 1. The van der Waals surface area contributed by atoms with Gasteiger partial charge >= 0.3 is 5.69 Å². The lowest BCUT2D eigenvalue weighted by molar-refractivity contribution is -0.121. The van der Waals surface area contributed by atoms with Crippen LogP contribution in [0.3, 0.4) is 0 Å². The van der Waals surface area contributed by atoms with E-state index < -0.39 is 11.2 Å². The smallest absolute Gasteiger partial charge is 0.336 e. The van der Waals surface area contributed by atoms with Gasteiger partial charge < -0.3 is 5.32 Å². The number of halogens is 1. The molecule has 0 saturated heterocycles. The number of hydrogen-bond acceptors (Lipinski definition) is 3. The van der Waals surface area contributed by atoms with E-state index in [2.05, 4.69) is 5.32 Å². The summed E-state index contributed by atoms with van der Waals surface area (Å²) in [7, 11) is 0. The zero-order valence-corrected chi connectivity index (χ0v) is 16.8. The number of nitrogens with zero attached hydrogens (tertiary/aromatic N) is 2. The zero-order chi connectivity index (χ0) is 20.4. The van der Waals surface area contributed by atoms with Crippen molar-refractivity contribution in [3.8, 4) is 5.69 Å². The van der Waals surface area contributed by atoms with E-state index in [9.17, 15) is 14.4 Å². The van der Waals surface area contributed by atoms with E-state index in [1.54, 1.807) is 36.4 Å². The second-order valence-electron chi connectivity index (χ2n) is 7.21. The van der Waals surface area contributed by atoms with Crippen LogP contribution in [0.25, 0.3) is 16.6 Å². The monoisotopic (exact) mass is 399 g/mol. The van der Waals surface area contributed by atoms with E-state index in [4.69, 9.17) is 11.6 Å². The maximum absolute atomic E-state index is 13.2. The highest BCUT2D eigenvalue weighted by Crippen LogP contribution is 2.15. The summed E-state index contributed by atoms with van der Waals surface area (Å²) >= 11 is 6.05. The van der Waals surface area contributed by atoms with Crippen molar-refractivity contribution in [1.82, 2.24) is 14.5 Å². The first-order valence-electron chi connectivity index (χ1n) is 9.07. The Morgan fingerprint density at radius 1 is 1.14 bits per heavy atom. The van der Waals surface area contributed by atoms with Crippen molar-refractivity contribution in [3.63, 3.8) is 0 Å². The zero-order valence-electron chi connectivity index (χ0n) is 16.0. The largest absolute Gasteiger partial charge is 0.354 e. The van der Waals surface area contributed by atoms with Gasteiger partial charge in [-0.25, -0.2) is 9.36 Å². The number of carbonyl (C=O) groups is 1. The van der Waals surface area contributed by atoms with Crippen molar-refractivity contribution in [3.05, 3.63) is 73.9 Å². The van der Waals surface area contributed by atoms with E-state index in [1.165, 1.54) is 4.57 Å². The summed E-state index contributed by atoms with van der Waals surface area (Å²) in [5.41, 5.74) is 0.658. The average molecular weight is 400 g/mol. The number of aromatic nitrogens is 2. The molecule has 0 aliphatic carbocycles. The van der Waals surface area contributed by atoms with Gasteiger partial charge in [0.1, 0.15) is 6.54 Å². The molecule has 1 heterocycles. The van der Waals surface area contributed by atoms with Crippen LogP contribution in [-0.2, 0) is 11.3 Å². The van der Waals surface area contributed by atoms with Crippen molar-refractivity contribution >= 4 is 28.4 Å². The van der Waals surface area contributed by atoms with Gasteiger partial charge in [-0.2, -0.15) is 0 Å². The van der Waals surface area contributed by atoms with Crippen LogP contribution in [0.5, 0.6) is 0 Å². The lowest BCUT2D eigenvalue weighted by Crippen LogP contribution is -2.42. The van der Waals surface area contributed by atoms with Gasteiger partial charge in [0, 0.05) is 11.6 Å². The van der Waals surface area contributed by atoms with Crippen LogP contribution in [0.2, 0.25) is 5.02 Å². The van der Waals surface area contributed by atoms with Crippen molar-refractivity contribution in [2.24, 2.45) is 5.92 Å². The summed E-state index contributed by atoms with van der Waals surface area (Å²) in [5.74, 6) is 0.00875. The van der Waals surface area contributed by atoms with Crippen LogP contribution in [0.4, 0.5) is 0 Å². The summed E-state index contributed by atoms with van der Waals surface area (Å²) in [4.78, 5) is 38.6. The Bertz CT molecular complexity index is 1160. The maximum Gasteiger partial charge on any atom is 0.336 e. The van der Waals surface area contributed by atoms with Crippen molar-refractivity contribution < 1.29 is 4.79 Å². The maximum atomic E-state index is 13.2. The Kier molecular flexibility index (Phi) is 5.70. The Balaban J connectivity index is 2.23. The highest BCUT2D eigenvalue weighted by Gasteiger charge is 2.17. The van der Waals surface area contributed by atoms with E-state index in [0.717, 1.165) is 10.1 Å². The standard InChI is InChI=1S/C21H22ClN3O3/c1-13(2)11-23-19(26)12-24-18-8-7-14(3)9-17(18)20(27)25(21(24)28)16-6-4-5-15(22)10-16/h4-10,13H,11-12H2,1-3H3,(H,23,26). The topological polar surface area (TPSA) is 73.1 Å². The third-order valence-electron chi connectivity index (χ3n) is 4.37. The molecule has 0 spiro atoms. The van der Waals surface area contributed by atoms with E-state index in [0.29, 0.717) is 34.1 Å². The Morgan fingerprint density at radius 3 is 2.57 bits per heavy atom. The molecule has 3 aromatic rings. The first-order valence-corrected chi connectivity index (χ1v) is 9.44. The number of fused-ring (bicyclic) bond motifs is 1. The first kappa shape index (κ1) is 19.9. The molecule has 1 aromatic heterocycles. The molecule has 28 heavy (non-hydrogen) atoms. The Hall–Kier alpha value is -2.86. The van der Waals surface area contributed by atoms with Gasteiger partial charge in [-0.1, -0.05) is 43.1 Å². The normalized spacial score (nSPS) is 11.2. The number of benzene rings is 2. The van der Waals surface area contributed by atoms with E-state index >= 15 is 0 Å². The molecule has 0 saturated carbocycles. The molecule has 6 nitrogen and oxygen atoms in total. The third-order valence-corrected chi connectivity index (χ3v) is 4.61. The summed E-state index contributed by atoms with van der Waals surface area (Å²) in [6.07, 6.45) is 0. The van der Waals surface area contributed by atoms with E-state index in [1.807, 2.05) is 26.8 Å². The molecule has 0 bridgehead atoms. The molecule has 0 aliphatic rings. The van der Waals surface area contributed by atoms with Crippen LogP contribution in [0, 0.1) is 12.8 Å². The van der Waals surface area contributed by atoms with Crippen LogP contribution in [-0.4, -0.2) is 21.6 Å². The third kappa shape index (κ3) is 4.02. The minimum Gasteiger partial charge on any atom is -0.354 e. The second kappa shape index (κ2) is 8.02. The number of amides is 1. The molecule has 0 aliphatic heterocycles. The fourth-order valence-electron chi connectivity index (χ4n) is 3.00. The molecule has 1 amide bonds. The summed E-state index contributed by atoms with van der Waals surface area (Å²) in [6.45, 7) is 6.19. The predicted molar refractivity (Wildman–Crippen MR) is 111 cm³/mol. The predicted octanol–water partition coefficient (Wildman–Crippen LogP) is 2.89. The van der Waals surface area contributed by atoms with Crippen molar-refractivity contribution in [1.29, 1.82) is 0 Å². The highest BCUT2D eigenvalue weighted by molar-refractivity contribution is 6.30. The van der Waals surface area contributed by atoms with Gasteiger partial charge in [0.25, 0.3) is 5.56 Å². The second-order valence-corrected chi connectivity index (χ2v) is 7.64. The van der Waals surface area contributed by atoms with Gasteiger partial charge in [-0.15, -0.1) is 0 Å². The summed E-state index contributed by atoms with van der Waals surface area (Å²) in [6, 6.07) is 11.8. The van der Waals surface area contributed by atoms with Gasteiger partial charge in [0.05, 0.1) is 16.6 Å². The van der Waals surface area contributed by atoms with Crippen LogP contribution in [0.15, 0.2) is 52.1 Å². The molecule has 0 atom stereocenters. The summed E-state index contributed by atoms with van der Waals surface area (Å²) in [5, 5.41) is 3.59. The molecule has 1 N–H and O–H groups in total. The number of nitrogens with one attached hydrogen (secondary N) is 1. The highest BCUT2D eigenvalue weighted by atomic mass is 35.5. The molecule has 146 valence electrons. The van der Waals surface area contributed by atoms with Gasteiger partial charge in [-0.05, 0) is 43.2 Å². The van der Waals surface area contributed by atoms with Gasteiger partial charge in [-0.3, -0.25) is 14.2 Å². The molecule has 0 radical (unpaired) electrons. The molecular weight excluding hydrogens is 378 g/mol. The average Bonchev–Trinajstić information content (AvgIpc) is 2.64. The van der Waals surface area contributed by atoms with Crippen LogP contribution < -0.4 is 16.6 Å². The summed E-state index contributed by atoms with van der Waals surface area (Å²) < 4.78 is 2.39. The number of hydrogen-bond donors (Lipinski definition) is 1. The van der Waals surface area contributed by atoms with E-state index in [-0.39, 0.29) is 12.5 Å². The fraction of sp³-hybridized carbons (Fsp3) is 0.286. The van der Waals surface area contributed by atoms with Crippen LogP contribution in [0.1, 0.15) is 19.4 Å². The van der Waals surface area contributed by atoms with Crippen molar-refractivity contribution in [2.45, 2.75) is 27.3 Å². The Morgan fingerprint density at radius 2 is 1.89 bits per heavy atom. The van der Waals surface area contributed by atoms with Crippen molar-refractivity contribution in [2.75, 3.05) is 6.54 Å².